The molecule has 0 radical (unpaired) electrons. The zero-order valence-corrected chi connectivity index (χ0v) is 15.9. The number of hydrogen-bond acceptors (Lipinski definition) is 5. The molecule has 1 aromatic rings. The van der Waals surface area contributed by atoms with Crippen LogP contribution in [0.25, 0.3) is 0 Å². The maximum atomic E-state index is 12.3. The maximum absolute atomic E-state index is 12.3. The predicted molar refractivity (Wildman–Crippen MR) is 93.7 cm³/mol. The van der Waals surface area contributed by atoms with Gasteiger partial charge in [-0.15, -0.1) is 0 Å². The Kier molecular flexibility index (Phi) is 4.33. The Labute approximate surface area is 152 Å². The van der Waals surface area contributed by atoms with E-state index in [1.165, 1.54) is 6.20 Å². The molecule has 6 nitrogen and oxygen atoms in total. The lowest BCUT2D eigenvalue weighted by Gasteiger charge is -2.28. The van der Waals surface area contributed by atoms with E-state index in [2.05, 4.69) is 21.8 Å². The van der Waals surface area contributed by atoms with E-state index in [0.717, 1.165) is 13.1 Å². The molecule has 2 fully saturated rings. The third-order valence-corrected chi connectivity index (χ3v) is 5.07. The number of fused-ring (bicyclic) bond motifs is 1. The molecule has 1 aromatic heterocycles. The molecule has 0 spiro atoms. The molecule has 8 heteroatoms. The summed E-state index contributed by atoms with van der Waals surface area (Å²) < 4.78 is 5.49. The van der Waals surface area contributed by atoms with E-state index < -0.39 is 5.60 Å². The summed E-state index contributed by atoms with van der Waals surface area (Å²) in [6.07, 6.45) is 1.28. The number of carbonyl (C=O) groups excluding carboxylic acids is 1. The van der Waals surface area contributed by atoms with E-state index >= 15 is 0 Å². The van der Waals surface area contributed by atoms with E-state index in [1.807, 2.05) is 25.7 Å². The fourth-order valence-corrected chi connectivity index (χ4v) is 3.87. The average Bonchev–Trinajstić information content (AvgIpc) is 2.91. The highest BCUT2D eigenvalue weighted by molar-refractivity contribution is 6.33. The Morgan fingerprint density at radius 1 is 1.33 bits per heavy atom. The van der Waals surface area contributed by atoms with Gasteiger partial charge in [-0.05, 0) is 32.4 Å². The Balaban J connectivity index is 1.71. The van der Waals surface area contributed by atoms with Crippen molar-refractivity contribution in [2.75, 3.05) is 31.1 Å². The average molecular weight is 373 g/mol. The van der Waals surface area contributed by atoms with Crippen molar-refractivity contribution in [1.29, 1.82) is 0 Å². The molecule has 1 amide bonds. The highest BCUT2D eigenvalue weighted by atomic mass is 35.5. The standard InChI is InChI=1S/C16H22Cl2N4O2/c1-15(2,3)24-14(23)22-7-10-6-21(8-16(10,4)9-22)12-11(17)5-19-13(18)20-12/h5,10H,6-9H2,1-4H3/t10-,16-/m0/s1. The van der Waals surface area contributed by atoms with Gasteiger partial charge in [-0.25, -0.2) is 9.78 Å². The first-order valence-electron chi connectivity index (χ1n) is 7.98. The topological polar surface area (TPSA) is 58.6 Å². The van der Waals surface area contributed by atoms with Gasteiger partial charge in [0.1, 0.15) is 10.6 Å². The molecule has 0 N–H and O–H groups in total. The monoisotopic (exact) mass is 372 g/mol. The van der Waals surface area contributed by atoms with Crippen molar-refractivity contribution in [3.05, 3.63) is 16.5 Å². The molecule has 0 aliphatic carbocycles. The Morgan fingerprint density at radius 3 is 2.67 bits per heavy atom. The first-order chi connectivity index (χ1) is 11.1. The summed E-state index contributed by atoms with van der Waals surface area (Å²) in [6.45, 7) is 10.7. The van der Waals surface area contributed by atoms with Crippen LogP contribution >= 0.6 is 23.2 Å². The number of aromatic nitrogens is 2. The van der Waals surface area contributed by atoms with Crippen LogP contribution in [0.4, 0.5) is 10.6 Å². The van der Waals surface area contributed by atoms with Gasteiger partial charge in [-0.1, -0.05) is 18.5 Å². The molecule has 0 unspecified atom stereocenters. The zero-order valence-electron chi connectivity index (χ0n) is 14.3. The lowest BCUT2D eigenvalue weighted by molar-refractivity contribution is 0.0273. The van der Waals surface area contributed by atoms with Gasteiger partial charge in [0, 0.05) is 37.5 Å². The summed E-state index contributed by atoms with van der Waals surface area (Å²) >= 11 is 12.1. The second-order valence-electron chi connectivity index (χ2n) is 7.90. The quantitative estimate of drug-likeness (QED) is 0.706. The van der Waals surface area contributed by atoms with Gasteiger partial charge in [0.15, 0.2) is 5.82 Å². The zero-order chi connectivity index (χ0) is 17.7. The molecule has 0 aromatic carbocycles. The normalized spacial score (nSPS) is 26.7. The van der Waals surface area contributed by atoms with Crippen molar-refractivity contribution in [3.63, 3.8) is 0 Å². The van der Waals surface area contributed by atoms with Crippen molar-refractivity contribution >= 4 is 35.1 Å². The van der Waals surface area contributed by atoms with Crippen LogP contribution in [0.15, 0.2) is 6.20 Å². The highest BCUT2D eigenvalue weighted by Crippen LogP contribution is 2.44. The van der Waals surface area contributed by atoms with Gasteiger partial charge in [-0.2, -0.15) is 4.98 Å². The van der Waals surface area contributed by atoms with Gasteiger partial charge in [0.25, 0.3) is 0 Å². The van der Waals surface area contributed by atoms with E-state index in [9.17, 15) is 4.79 Å². The Morgan fingerprint density at radius 2 is 2.04 bits per heavy atom. The number of likely N-dealkylation sites (tertiary alicyclic amines) is 1. The first-order valence-corrected chi connectivity index (χ1v) is 8.74. The van der Waals surface area contributed by atoms with E-state index in [4.69, 9.17) is 27.9 Å². The fraction of sp³-hybridized carbons (Fsp3) is 0.688. The molecular weight excluding hydrogens is 351 g/mol. The molecule has 3 heterocycles. The largest absolute Gasteiger partial charge is 0.444 e. The van der Waals surface area contributed by atoms with E-state index in [0.29, 0.717) is 29.8 Å². The highest BCUT2D eigenvalue weighted by Gasteiger charge is 2.51. The second kappa shape index (κ2) is 5.92. The first kappa shape index (κ1) is 17.5. The number of anilines is 1. The minimum atomic E-state index is -0.479. The van der Waals surface area contributed by atoms with Gasteiger partial charge in [0.2, 0.25) is 5.28 Å². The van der Waals surface area contributed by atoms with Crippen molar-refractivity contribution in [1.82, 2.24) is 14.9 Å². The smallest absolute Gasteiger partial charge is 0.410 e. The Hall–Kier alpha value is -1.27. The molecule has 2 atom stereocenters. The molecule has 132 valence electrons. The van der Waals surface area contributed by atoms with Crippen molar-refractivity contribution in [2.24, 2.45) is 11.3 Å². The lowest BCUT2D eigenvalue weighted by atomic mass is 9.83. The minimum absolute atomic E-state index is 0.0162. The third-order valence-electron chi connectivity index (χ3n) is 4.62. The fourth-order valence-electron chi connectivity index (χ4n) is 3.53. The van der Waals surface area contributed by atoms with Crippen LogP contribution in [0.2, 0.25) is 10.3 Å². The van der Waals surface area contributed by atoms with Crippen LogP contribution in [0.1, 0.15) is 27.7 Å². The van der Waals surface area contributed by atoms with Crippen LogP contribution in [-0.2, 0) is 4.74 Å². The van der Waals surface area contributed by atoms with Crippen LogP contribution < -0.4 is 4.90 Å². The van der Waals surface area contributed by atoms with Gasteiger partial charge in [0.05, 0.1) is 6.20 Å². The molecule has 2 saturated heterocycles. The summed E-state index contributed by atoms with van der Waals surface area (Å²) in [5.74, 6) is 1.01. The minimum Gasteiger partial charge on any atom is -0.444 e. The van der Waals surface area contributed by atoms with Crippen molar-refractivity contribution in [2.45, 2.75) is 33.3 Å². The third kappa shape index (κ3) is 3.40. The number of halogens is 2. The number of nitrogens with zero attached hydrogens (tertiary/aromatic N) is 4. The van der Waals surface area contributed by atoms with E-state index in [-0.39, 0.29) is 16.8 Å². The number of amides is 1. The summed E-state index contributed by atoms with van der Waals surface area (Å²) in [5.41, 5.74) is -0.495. The predicted octanol–water partition coefficient (Wildman–Crippen LogP) is 3.48. The molecule has 24 heavy (non-hydrogen) atoms. The summed E-state index contributed by atoms with van der Waals surface area (Å²) in [5, 5.41) is 0.680. The number of carbonyl (C=O) groups is 1. The molecule has 2 aliphatic rings. The number of hydrogen-bond donors (Lipinski definition) is 0. The van der Waals surface area contributed by atoms with Crippen LogP contribution in [0.5, 0.6) is 0 Å². The SMILES string of the molecule is CC(C)(C)OC(=O)N1C[C@@H]2CN(c3nc(Cl)ncc3Cl)C[C@@]2(C)C1. The van der Waals surface area contributed by atoms with Gasteiger partial charge >= 0.3 is 6.09 Å². The van der Waals surface area contributed by atoms with Gasteiger partial charge in [-0.3, -0.25) is 0 Å². The summed E-state index contributed by atoms with van der Waals surface area (Å²) in [7, 11) is 0. The summed E-state index contributed by atoms with van der Waals surface area (Å²) in [6, 6.07) is 0. The molecule has 0 saturated carbocycles. The van der Waals surface area contributed by atoms with Gasteiger partial charge < -0.3 is 14.5 Å². The second-order valence-corrected chi connectivity index (χ2v) is 8.65. The van der Waals surface area contributed by atoms with Crippen molar-refractivity contribution in [3.8, 4) is 0 Å². The Bertz CT molecular complexity index is 664. The van der Waals surface area contributed by atoms with Crippen LogP contribution in [-0.4, -0.2) is 52.7 Å². The molecule has 0 bridgehead atoms. The molecule has 3 rings (SSSR count). The van der Waals surface area contributed by atoms with Crippen LogP contribution in [0.3, 0.4) is 0 Å². The maximum Gasteiger partial charge on any atom is 0.410 e. The van der Waals surface area contributed by atoms with Crippen LogP contribution in [0, 0.1) is 11.3 Å². The lowest BCUT2D eigenvalue weighted by Crippen LogP contribution is -2.39. The summed E-state index contributed by atoms with van der Waals surface area (Å²) in [4.78, 5) is 24.4. The molecule has 2 aliphatic heterocycles. The number of ether oxygens (including phenoxy) is 1. The molecular formula is C16H22Cl2N4O2. The number of rotatable bonds is 1. The van der Waals surface area contributed by atoms with Crippen molar-refractivity contribution < 1.29 is 9.53 Å². The van der Waals surface area contributed by atoms with E-state index in [1.54, 1.807) is 0 Å².